The number of aromatic nitrogens is 2. The minimum Gasteiger partial charge on any atom is -0.234 e. The summed E-state index contributed by atoms with van der Waals surface area (Å²) >= 11 is 0. The lowest BCUT2D eigenvalue weighted by molar-refractivity contribution is -0.704. The van der Waals surface area contributed by atoms with E-state index in [-0.39, 0.29) is 0 Å². The summed E-state index contributed by atoms with van der Waals surface area (Å²) in [4.78, 5) is 0. The Morgan fingerprint density at radius 2 is 0.738 bits per heavy atom. The third kappa shape index (κ3) is 23.6. The lowest BCUT2D eigenvalue weighted by Crippen LogP contribution is -2.37. The Labute approximate surface area is 266 Å². The van der Waals surface area contributed by atoms with E-state index in [1.165, 1.54) is 219 Å². The summed E-state index contributed by atoms with van der Waals surface area (Å²) in [5.41, 5.74) is 0. The molecule has 0 spiro atoms. The minimum absolute atomic E-state index is 1.23. The van der Waals surface area contributed by atoms with E-state index in [0.717, 1.165) is 0 Å². The predicted molar refractivity (Wildman–Crippen MR) is 188 cm³/mol. The number of imidazole rings is 1. The fraction of sp³-hybridized carbons (Fsp3) is 0.925. The van der Waals surface area contributed by atoms with Gasteiger partial charge in [-0.05, 0) is 32.1 Å². The molecular weight excluding hydrogens is 508 g/mol. The quantitative estimate of drug-likeness (QED) is 0.0560. The fourth-order valence-corrected chi connectivity index (χ4v) is 6.68. The Morgan fingerprint density at radius 1 is 0.405 bits per heavy atom. The van der Waals surface area contributed by atoms with Crippen LogP contribution < -0.4 is 4.57 Å². The topological polar surface area (TPSA) is 8.81 Å². The molecule has 0 aromatic carbocycles. The second kappa shape index (κ2) is 31.6. The van der Waals surface area contributed by atoms with Gasteiger partial charge in [0, 0.05) is 6.42 Å². The van der Waals surface area contributed by atoms with Crippen LogP contribution >= 0.6 is 0 Å². The van der Waals surface area contributed by atoms with Crippen molar-refractivity contribution in [3.05, 3.63) is 18.2 Å². The first-order chi connectivity index (χ1) is 20.8. The van der Waals surface area contributed by atoms with Gasteiger partial charge < -0.3 is 0 Å². The molecule has 0 radical (unpaired) electrons. The van der Waals surface area contributed by atoms with E-state index < -0.39 is 0 Å². The van der Waals surface area contributed by atoms with E-state index in [4.69, 9.17) is 0 Å². The Hall–Kier alpha value is -0.790. The molecule has 0 unspecified atom stereocenters. The van der Waals surface area contributed by atoms with Crippen LogP contribution in [-0.4, -0.2) is 4.57 Å². The van der Waals surface area contributed by atoms with E-state index >= 15 is 0 Å². The molecule has 0 aliphatic heterocycles. The van der Waals surface area contributed by atoms with E-state index in [1.54, 1.807) is 5.82 Å². The smallest absolute Gasteiger partial charge is 0.234 e. The van der Waals surface area contributed by atoms with Crippen LogP contribution in [0.3, 0.4) is 0 Å². The van der Waals surface area contributed by atoms with Gasteiger partial charge in [0.05, 0.1) is 13.1 Å². The van der Waals surface area contributed by atoms with Crippen molar-refractivity contribution in [2.24, 2.45) is 0 Å². The van der Waals surface area contributed by atoms with Crippen LogP contribution in [0.5, 0.6) is 0 Å². The first-order valence-corrected chi connectivity index (χ1v) is 19.9. The predicted octanol–water partition coefficient (Wildman–Crippen LogP) is 13.5. The second-order valence-electron chi connectivity index (χ2n) is 13.8. The van der Waals surface area contributed by atoms with Crippen molar-refractivity contribution < 1.29 is 4.57 Å². The molecule has 0 amide bonds. The third-order valence-corrected chi connectivity index (χ3v) is 9.60. The van der Waals surface area contributed by atoms with Crippen molar-refractivity contribution in [3.63, 3.8) is 0 Å². The molecule has 248 valence electrons. The summed E-state index contributed by atoms with van der Waals surface area (Å²) in [5.74, 6) is 1.61. The van der Waals surface area contributed by atoms with Crippen LogP contribution in [0.1, 0.15) is 226 Å². The summed E-state index contributed by atoms with van der Waals surface area (Å²) in [6.07, 6.45) is 50.4. The molecule has 0 saturated heterocycles. The summed E-state index contributed by atoms with van der Waals surface area (Å²) in [7, 11) is 0. The normalized spacial score (nSPS) is 11.6. The third-order valence-electron chi connectivity index (χ3n) is 9.60. The maximum atomic E-state index is 2.63. The Balaban J connectivity index is 2.19. The SMILES string of the molecule is CCCCCCCCCCCCCCCCCn1cc[n+](CCCCCCCCCCCCC)c1CCCCCCC. The number of nitrogens with zero attached hydrogens (tertiary/aromatic N) is 2. The molecule has 2 heteroatoms. The van der Waals surface area contributed by atoms with Crippen LogP contribution in [0, 0.1) is 0 Å². The van der Waals surface area contributed by atoms with Gasteiger partial charge in [0.25, 0.3) is 5.82 Å². The van der Waals surface area contributed by atoms with Crippen molar-refractivity contribution >= 4 is 0 Å². The Morgan fingerprint density at radius 3 is 1.14 bits per heavy atom. The molecule has 1 heterocycles. The molecule has 1 aromatic rings. The summed E-state index contributed by atoms with van der Waals surface area (Å²) in [6.45, 7) is 9.40. The first kappa shape index (κ1) is 39.2. The highest BCUT2D eigenvalue weighted by Gasteiger charge is 2.16. The maximum Gasteiger partial charge on any atom is 0.256 e. The van der Waals surface area contributed by atoms with Gasteiger partial charge in [-0.15, -0.1) is 0 Å². The van der Waals surface area contributed by atoms with Gasteiger partial charge in [0.1, 0.15) is 12.4 Å². The highest BCUT2D eigenvalue weighted by molar-refractivity contribution is 4.84. The molecule has 0 N–H and O–H groups in total. The molecular formula is C40H79N2+. The van der Waals surface area contributed by atoms with Crippen LogP contribution in [0.25, 0.3) is 0 Å². The largest absolute Gasteiger partial charge is 0.256 e. The Bertz CT molecular complexity index is 648. The lowest BCUT2D eigenvalue weighted by Gasteiger charge is -2.07. The molecule has 0 fully saturated rings. The fourth-order valence-electron chi connectivity index (χ4n) is 6.68. The molecule has 0 bridgehead atoms. The van der Waals surface area contributed by atoms with Crippen molar-refractivity contribution in [3.8, 4) is 0 Å². The number of unbranched alkanes of at least 4 members (excludes halogenated alkanes) is 28. The molecule has 1 aromatic heterocycles. The van der Waals surface area contributed by atoms with Crippen LogP contribution in [-0.2, 0) is 19.5 Å². The minimum atomic E-state index is 1.23. The van der Waals surface area contributed by atoms with Crippen molar-refractivity contribution in [2.45, 2.75) is 239 Å². The highest BCUT2D eigenvalue weighted by Crippen LogP contribution is 2.15. The molecule has 0 atom stereocenters. The number of rotatable bonds is 34. The average Bonchev–Trinajstić information content (AvgIpc) is 3.38. The number of hydrogen-bond acceptors (Lipinski definition) is 0. The molecule has 0 saturated carbocycles. The van der Waals surface area contributed by atoms with Crippen molar-refractivity contribution in [1.82, 2.24) is 4.57 Å². The maximum absolute atomic E-state index is 2.63. The number of hydrogen-bond donors (Lipinski definition) is 0. The molecule has 2 nitrogen and oxygen atoms in total. The monoisotopic (exact) mass is 588 g/mol. The van der Waals surface area contributed by atoms with Gasteiger partial charge in [-0.25, -0.2) is 9.13 Å². The van der Waals surface area contributed by atoms with Crippen LogP contribution in [0.15, 0.2) is 12.4 Å². The van der Waals surface area contributed by atoms with E-state index in [2.05, 4.69) is 42.3 Å². The zero-order valence-corrected chi connectivity index (χ0v) is 29.6. The molecule has 0 aliphatic rings. The van der Waals surface area contributed by atoms with E-state index in [9.17, 15) is 0 Å². The van der Waals surface area contributed by atoms with Gasteiger partial charge in [0.2, 0.25) is 0 Å². The summed E-state index contributed by atoms with van der Waals surface area (Å²) in [6, 6.07) is 0. The van der Waals surface area contributed by atoms with Crippen LogP contribution in [0.4, 0.5) is 0 Å². The standard InChI is InChI=1S/C40H79N2/c1-4-7-10-13-15-17-19-20-21-22-24-26-28-31-34-37-42-39-38-41(40(42)35-32-29-12-9-6-3)36-33-30-27-25-23-18-16-14-11-8-5-2/h38-39H,4-37H2,1-3H3/q+1. The molecule has 1 rings (SSSR count). The first-order valence-electron chi connectivity index (χ1n) is 19.9. The second-order valence-corrected chi connectivity index (χ2v) is 13.8. The summed E-state index contributed by atoms with van der Waals surface area (Å²) < 4.78 is 5.25. The molecule has 0 aliphatic carbocycles. The highest BCUT2D eigenvalue weighted by atomic mass is 15.1. The van der Waals surface area contributed by atoms with Gasteiger partial charge >= 0.3 is 0 Å². The van der Waals surface area contributed by atoms with E-state index in [0.29, 0.717) is 0 Å². The number of aryl methyl sites for hydroxylation is 2. The Kier molecular flexibility index (Phi) is 29.5. The van der Waals surface area contributed by atoms with Crippen molar-refractivity contribution in [1.29, 1.82) is 0 Å². The van der Waals surface area contributed by atoms with Gasteiger partial charge in [-0.1, -0.05) is 188 Å². The molecule has 42 heavy (non-hydrogen) atoms. The average molecular weight is 588 g/mol. The van der Waals surface area contributed by atoms with Gasteiger partial charge in [-0.3, -0.25) is 0 Å². The van der Waals surface area contributed by atoms with E-state index in [1.807, 2.05) is 0 Å². The zero-order valence-electron chi connectivity index (χ0n) is 29.6. The zero-order chi connectivity index (χ0) is 30.2. The van der Waals surface area contributed by atoms with Crippen molar-refractivity contribution in [2.75, 3.05) is 0 Å². The van der Waals surface area contributed by atoms with Crippen LogP contribution in [0.2, 0.25) is 0 Å². The lowest BCUT2D eigenvalue weighted by atomic mass is 10.0. The van der Waals surface area contributed by atoms with Gasteiger partial charge in [-0.2, -0.15) is 0 Å². The van der Waals surface area contributed by atoms with Gasteiger partial charge in [0.15, 0.2) is 0 Å². The summed E-state index contributed by atoms with van der Waals surface area (Å²) in [5, 5.41) is 0.